The van der Waals surface area contributed by atoms with Gasteiger partial charge in [-0.25, -0.2) is 19.9 Å². The summed E-state index contributed by atoms with van der Waals surface area (Å²) in [4.78, 5) is 17.0. The van der Waals surface area contributed by atoms with Crippen molar-refractivity contribution in [1.29, 1.82) is 0 Å². The minimum absolute atomic E-state index is 0.00929. The van der Waals surface area contributed by atoms with Crippen LogP contribution < -0.4 is 0 Å². The van der Waals surface area contributed by atoms with Crippen LogP contribution in [0.5, 0.6) is 0 Å². The number of aliphatic hydroxyl groups excluding tert-OH is 2. The van der Waals surface area contributed by atoms with Gasteiger partial charge < -0.3 is 10.2 Å². The monoisotopic (exact) mass is 384 g/mol. The fourth-order valence-electron chi connectivity index (χ4n) is 3.00. The molecule has 6 heteroatoms. The minimum atomic E-state index is -1.02. The van der Waals surface area contributed by atoms with E-state index in [-0.39, 0.29) is 18.1 Å². The smallest absolute Gasteiger partial charge is 0.156 e. The number of benzene rings is 2. The van der Waals surface area contributed by atoms with E-state index in [1.807, 2.05) is 60.7 Å². The lowest BCUT2D eigenvalue weighted by Crippen LogP contribution is -2.11. The summed E-state index contributed by atoms with van der Waals surface area (Å²) in [7, 11) is 0. The Morgan fingerprint density at radius 2 is 0.862 bits per heavy atom. The molecule has 2 aromatic heterocycles. The lowest BCUT2D eigenvalue weighted by molar-refractivity contribution is 0.0705. The lowest BCUT2D eigenvalue weighted by atomic mass is 10.1. The van der Waals surface area contributed by atoms with Crippen molar-refractivity contribution in [2.45, 2.75) is 18.6 Å². The van der Waals surface area contributed by atoms with E-state index in [1.165, 1.54) is 0 Å². The van der Waals surface area contributed by atoms with Crippen molar-refractivity contribution in [1.82, 2.24) is 19.9 Å². The molecule has 0 spiro atoms. The maximum Gasteiger partial charge on any atom is 0.156 e. The molecule has 0 amide bonds. The van der Waals surface area contributed by atoms with Gasteiger partial charge in [0.15, 0.2) is 11.6 Å². The van der Waals surface area contributed by atoms with E-state index in [1.54, 1.807) is 24.8 Å². The van der Waals surface area contributed by atoms with Gasteiger partial charge in [-0.15, -0.1) is 0 Å². The highest BCUT2D eigenvalue weighted by molar-refractivity contribution is 5.61. The Labute approximate surface area is 168 Å². The first-order valence-corrected chi connectivity index (χ1v) is 9.31. The first-order valence-electron chi connectivity index (χ1n) is 9.31. The molecule has 0 saturated heterocycles. The average Bonchev–Trinajstić information content (AvgIpc) is 2.80. The Balaban J connectivity index is 1.42. The quantitative estimate of drug-likeness (QED) is 0.526. The molecule has 2 N–H and O–H groups in total. The summed E-state index contributed by atoms with van der Waals surface area (Å²) in [6, 6.07) is 19.5. The zero-order valence-electron chi connectivity index (χ0n) is 15.6. The molecular formula is C23H20N4O2. The third-order valence-electron chi connectivity index (χ3n) is 4.60. The predicted octanol–water partition coefficient (Wildman–Crippen LogP) is 3.76. The van der Waals surface area contributed by atoms with Gasteiger partial charge in [-0.2, -0.15) is 0 Å². The van der Waals surface area contributed by atoms with Crippen LogP contribution in [-0.2, 0) is 0 Å². The third kappa shape index (κ3) is 4.51. The zero-order valence-corrected chi connectivity index (χ0v) is 15.6. The van der Waals surface area contributed by atoms with Crippen molar-refractivity contribution >= 4 is 0 Å². The van der Waals surface area contributed by atoms with E-state index < -0.39 is 12.2 Å². The molecule has 6 nitrogen and oxygen atoms in total. The molecule has 0 aliphatic heterocycles. The van der Waals surface area contributed by atoms with E-state index in [4.69, 9.17) is 0 Å². The van der Waals surface area contributed by atoms with Crippen LogP contribution in [0.3, 0.4) is 0 Å². The number of aromatic nitrogens is 4. The molecule has 29 heavy (non-hydrogen) atoms. The van der Waals surface area contributed by atoms with Crippen molar-refractivity contribution in [3.63, 3.8) is 0 Å². The Hall–Kier alpha value is -3.48. The molecule has 0 fully saturated rings. The molecule has 0 radical (unpaired) electrons. The molecule has 4 rings (SSSR count). The standard InChI is InChI=1S/C23H20N4O2/c28-20(22-24-12-18(13-25-22)16-7-3-1-4-8-16)11-21(29)23-26-14-19(15-27-23)17-9-5-2-6-10-17/h1-10,12-15,20-21,28-29H,11H2. The van der Waals surface area contributed by atoms with Crippen LogP contribution in [0.1, 0.15) is 30.3 Å². The van der Waals surface area contributed by atoms with Crippen LogP contribution in [-0.4, -0.2) is 30.1 Å². The molecule has 4 aromatic rings. The van der Waals surface area contributed by atoms with E-state index in [0.717, 1.165) is 22.3 Å². The number of nitrogens with zero attached hydrogens (tertiary/aromatic N) is 4. The van der Waals surface area contributed by atoms with E-state index in [9.17, 15) is 10.2 Å². The third-order valence-corrected chi connectivity index (χ3v) is 4.60. The first kappa shape index (κ1) is 18.9. The van der Waals surface area contributed by atoms with Crippen LogP contribution in [0.25, 0.3) is 22.3 Å². The van der Waals surface area contributed by atoms with Gasteiger partial charge >= 0.3 is 0 Å². The van der Waals surface area contributed by atoms with Crippen LogP contribution >= 0.6 is 0 Å². The highest BCUT2D eigenvalue weighted by Gasteiger charge is 2.20. The molecule has 0 aliphatic rings. The summed E-state index contributed by atoms with van der Waals surface area (Å²) >= 11 is 0. The summed E-state index contributed by atoms with van der Waals surface area (Å²) in [6.07, 6.45) is 4.63. The maximum atomic E-state index is 10.4. The van der Waals surface area contributed by atoms with Gasteiger partial charge in [0, 0.05) is 42.3 Å². The first-order chi connectivity index (χ1) is 14.2. The van der Waals surface area contributed by atoms with Crippen molar-refractivity contribution in [3.8, 4) is 22.3 Å². The second kappa shape index (κ2) is 8.68. The van der Waals surface area contributed by atoms with Crippen molar-refractivity contribution in [2.75, 3.05) is 0 Å². The van der Waals surface area contributed by atoms with Crippen molar-refractivity contribution < 1.29 is 10.2 Å². The maximum absolute atomic E-state index is 10.4. The number of hydrogen-bond donors (Lipinski definition) is 2. The largest absolute Gasteiger partial charge is 0.385 e. The molecule has 0 bridgehead atoms. The predicted molar refractivity (Wildman–Crippen MR) is 109 cm³/mol. The molecule has 144 valence electrons. The molecule has 0 aliphatic carbocycles. The lowest BCUT2D eigenvalue weighted by Gasteiger charge is -2.14. The number of rotatable bonds is 6. The Morgan fingerprint density at radius 1 is 0.517 bits per heavy atom. The van der Waals surface area contributed by atoms with Crippen molar-refractivity contribution in [3.05, 3.63) is 97.1 Å². The Kier molecular flexibility index (Phi) is 5.65. The van der Waals surface area contributed by atoms with Crippen LogP contribution in [0, 0.1) is 0 Å². The summed E-state index contributed by atoms with van der Waals surface area (Å²) in [5.74, 6) is 0.509. The zero-order chi connectivity index (χ0) is 20.1. The van der Waals surface area contributed by atoms with Gasteiger partial charge in [0.1, 0.15) is 12.2 Å². The van der Waals surface area contributed by atoms with E-state index >= 15 is 0 Å². The van der Waals surface area contributed by atoms with Crippen molar-refractivity contribution in [2.24, 2.45) is 0 Å². The summed E-state index contributed by atoms with van der Waals surface area (Å²) in [5, 5.41) is 20.8. The van der Waals surface area contributed by atoms with Crippen LogP contribution in [0.15, 0.2) is 85.5 Å². The molecule has 0 saturated carbocycles. The van der Waals surface area contributed by atoms with E-state index in [2.05, 4.69) is 19.9 Å². The Bertz CT molecular complexity index is 953. The van der Waals surface area contributed by atoms with Gasteiger partial charge in [-0.1, -0.05) is 60.7 Å². The van der Waals surface area contributed by atoms with Gasteiger partial charge in [0.05, 0.1) is 0 Å². The van der Waals surface area contributed by atoms with Gasteiger partial charge in [0.25, 0.3) is 0 Å². The highest BCUT2D eigenvalue weighted by atomic mass is 16.3. The molecule has 2 heterocycles. The second-order valence-corrected chi connectivity index (χ2v) is 6.66. The van der Waals surface area contributed by atoms with Crippen LogP contribution in [0.2, 0.25) is 0 Å². The number of hydrogen-bond acceptors (Lipinski definition) is 6. The molecule has 2 aromatic carbocycles. The van der Waals surface area contributed by atoms with Crippen LogP contribution in [0.4, 0.5) is 0 Å². The Morgan fingerprint density at radius 3 is 1.21 bits per heavy atom. The normalized spacial score (nSPS) is 13.0. The van der Waals surface area contributed by atoms with E-state index in [0.29, 0.717) is 0 Å². The minimum Gasteiger partial charge on any atom is -0.385 e. The molecule has 2 atom stereocenters. The van der Waals surface area contributed by atoms with Gasteiger partial charge in [-0.3, -0.25) is 0 Å². The molecule has 2 unspecified atom stereocenters. The van der Waals surface area contributed by atoms with Gasteiger partial charge in [0.2, 0.25) is 0 Å². The second-order valence-electron chi connectivity index (χ2n) is 6.66. The molecular weight excluding hydrogens is 364 g/mol. The summed E-state index contributed by atoms with van der Waals surface area (Å²) in [5.41, 5.74) is 3.73. The fraction of sp³-hybridized carbons (Fsp3) is 0.130. The average molecular weight is 384 g/mol. The highest BCUT2D eigenvalue weighted by Crippen LogP contribution is 2.25. The SMILES string of the molecule is OC(CC(O)c1ncc(-c2ccccc2)cn1)c1ncc(-c2ccccc2)cn1. The topological polar surface area (TPSA) is 92.0 Å². The fourth-order valence-corrected chi connectivity index (χ4v) is 3.00. The van der Waals surface area contributed by atoms with Gasteiger partial charge in [-0.05, 0) is 11.1 Å². The number of aliphatic hydroxyl groups is 2. The summed E-state index contributed by atoms with van der Waals surface area (Å²) in [6.45, 7) is 0. The summed E-state index contributed by atoms with van der Waals surface area (Å²) < 4.78 is 0.